The molecule has 4 heteroatoms. The van der Waals surface area contributed by atoms with Crippen LogP contribution in [0.15, 0.2) is 46.9 Å². The van der Waals surface area contributed by atoms with Crippen molar-refractivity contribution >= 4 is 33.3 Å². The zero-order valence-electron chi connectivity index (χ0n) is 12.4. The molecule has 0 aliphatic heterocycles. The molecular weight excluding hydrogens is 328 g/mol. The van der Waals surface area contributed by atoms with Crippen LogP contribution in [-0.4, -0.2) is 6.03 Å². The number of hydrogen-bond donors (Lipinski definition) is 2. The summed E-state index contributed by atoms with van der Waals surface area (Å²) in [5.41, 5.74) is 3.89. The van der Waals surface area contributed by atoms with Gasteiger partial charge in [0.25, 0.3) is 0 Å². The van der Waals surface area contributed by atoms with E-state index in [1.807, 2.05) is 49.4 Å². The van der Waals surface area contributed by atoms with E-state index in [1.165, 1.54) is 5.56 Å². The van der Waals surface area contributed by atoms with Gasteiger partial charge in [-0.3, -0.25) is 0 Å². The summed E-state index contributed by atoms with van der Waals surface area (Å²) in [6.45, 7) is 6.27. The Kier molecular flexibility index (Phi) is 5.02. The Morgan fingerprint density at radius 1 is 1.00 bits per heavy atom. The molecule has 21 heavy (non-hydrogen) atoms. The number of nitrogens with one attached hydrogen (secondary N) is 2. The van der Waals surface area contributed by atoms with Crippen LogP contribution in [0.25, 0.3) is 0 Å². The minimum Gasteiger partial charge on any atom is -0.308 e. The molecule has 0 aliphatic rings. The van der Waals surface area contributed by atoms with Crippen molar-refractivity contribution in [3.63, 3.8) is 0 Å². The smallest absolute Gasteiger partial charge is 0.308 e. The number of amides is 2. The monoisotopic (exact) mass is 346 g/mol. The Labute approximate surface area is 133 Å². The molecule has 0 heterocycles. The van der Waals surface area contributed by atoms with E-state index in [4.69, 9.17) is 0 Å². The fraction of sp³-hybridized carbons (Fsp3) is 0.235. The van der Waals surface area contributed by atoms with Crippen molar-refractivity contribution in [3.05, 3.63) is 58.1 Å². The predicted octanol–water partition coefficient (Wildman–Crippen LogP) is 5.52. The van der Waals surface area contributed by atoms with Gasteiger partial charge in [0.05, 0.1) is 0 Å². The average Bonchev–Trinajstić information content (AvgIpc) is 2.43. The van der Waals surface area contributed by atoms with E-state index in [0.29, 0.717) is 5.92 Å². The van der Waals surface area contributed by atoms with Crippen molar-refractivity contribution in [3.8, 4) is 0 Å². The number of hydrogen-bond acceptors (Lipinski definition) is 1. The molecule has 2 N–H and O–H groups in total. The summed E-state index contributed by atoms with van der Waals surface area (Å²) in [5, 5.41) is 5.65. The Balaban J connectivity index is 1.99. The summed E-state index contributed by atoms with van der Waals surface area (Å²) in [7, 11) is 0. The van der Waals surface area contributed by atoms with Gasteiger partial charge in [-0.05, 0) is 54.3 Å². The Morgan fingerprint density at radius 3 is 2.14 bits per heavy atom. The molecule has 2 aromatic rings. The van der Waals surface area contributed by atoms with Gasteiger partial charge in [0, 0.05) is 15.8 Å². The highest BCUT2D eigenvalue weighted by atomic mass is 79.9. The maximum atomic E-state index is 12.0. The van der Waals surface area contributed by atoms with Gasteiger partial charge in [0.15, 0.2) is 0 Å². The maximum absolute atomic E-state index is 12.0. The van der Waals surface area contributed by atoms with Crippen LogP contribution in [0.5, 0.6) is 0 Å². The van der Waals surface area contributed by atoms with Gasteiger partial charge in [0.1, 0.15) is 0 Å². The zero-order chi connectivity index (χ0) is 15.4. The molecule has 0 bridgehead atoms. The molecule has 0 atom stereocenters. The van der Waals surface area contributed by atoms with Gasteiger partial charge < -0.3 is 10.6 Å². The first-order valence-corrected chi connectivity index (χ1v) is 7.69. The standard InChI is InChI=1S/C17H19BrN2O/c1-11(2)13-4-6-14(7-5-13)19-17(21)20-15-8-9-16(18)12(3)10-15/h4-11H,1-3H3,(H2,19,20,21). The van der Waals surface area contributed by atoms with Gasteiger partial charge in [-0.1, -0.05) is 41.9 Å². The van der Waals surface area contributed by atoms with Crippen molar-refractivity contribution in [1.29, 1.82) is 0 Å². The number of anilines is 2. The summed E-state index contributed by atoms with van der Waals surface area (Å²) in [4.78, 5) is 12.0. The van der Waals surface area contributed by atoms with Crippen molar-refractivity contribution in [2.75, 3.05) is 10.6 Å². The third-order valence-corrected chi connectivity index (χ3v) is 4.14. The van der Waals surface area contributed by atoms with Gasteiger partial charge in [-0.15, -0.1) is 0 Å². The molecule has 2 amide bonds. The molecule has 3 nitrogen and oxygen atoms in total. The number of aryl methyl sites for hydroxylation is 1. The first-order chi connectivity index (χ1) is 9.95. The van der Waals surface area contributed by atoms with Crippen molar-refractivity contribution in [1.82, 2.24) is 0 Å². The van der Waals surface area contributed by atoms with Crippen LogP contribution >= 0.6 is 15.9 Å². The highest BCUT2D eigenvalue weighted by molar-refractivity contribution is 9.10. The maximum Gasteiger partial charge on any atom is 0.323 e. The molecule has 2 aromatic carbocycles. The molecule has 0 spiro atoms. The van der Waals surface area contributed by atoms with Crippen LogP contribution in [0.1, 0.15) is 30.9 Å². The minimum absolute atomic E-state index is 0.242. The summed E-state index contributed by atoms with van der Waals surface area (Å²) in [6.07, 6.45) is 0. The summed E-state index contributed by atoms with van der Waals surface area (Å²) in [5.74, 6) is 0.485. The second kappa shape index (κ2) is 6.76. The number of carbonyl (C=O) groups is 1. The van der Waals surface area contributed by atoms with E-state index >= 15 is 0 Å². The molecule has 2 rings (SSSR count). The molecule has 0 saturated carbocycles. The van der Waals surface area contributed by atoms with Crippen LogP contribution in [0.4, 0.5) is 16.2 Å². The second-order valence-corrected chi connectivity index (χ2v) is 6.17. The lowest BCUT2D eigenvalue weighted by molar-refractivity contribution is 0.262. The zero-order valence-corrected chi connectivity index (χ0v) is 14.0. The number of urea groups is 1. The largest absolute Gasteiger partial charge is 0.323 e. The lowest BCUT2D eigenvalue weighted by Gasteiger charge is -2.10. The first kappa shape index (κ1) is 15.6. The first-order valence-electron chi connectivity index (χ1n) is 6.90. The lowest BCUT2D eigenvalue weighted by Crippen LogP contribution is -2.19. The van der Waals surface area contributed by atoms with Gasteiger partial charge in [-0.2, -0.15) is 0 Å². The SMILES string of the molecule is Cc1cc(NC(=O)Nc2ccc(C(C)C)cc2)ccc1Br. The molecule has 110 valence electrons. The van der Waals surface area contributed by atoms with Crippen LogP contribution in [0, 0.1) is 6.92 Å². The van der Waals surface area contributed by atoms with E-state index in [0.717, 1.165) is 21.4 Å². The third-order valence-electron chi connectivity index (χ3n) is 3.25. The number of carbonyl (C=O) groups excluding carboxylic acids is 1. The number of halogens is 1. The normalized spacial score (nSPS) is 10.5. The van der Waals surface area contributed by atoms with Gasteiger partial charge >= 0.3 is 6.03 Å². The topological polar surface area (TPSA) is 41.1 Å². The average molecular weight is 347 g/mol. The van der Waals surface area contributed by atoms with Gasteiger partial charge in [0.2, 0.25) is 0 Å². The van der Waals surface area contributed by atoms with Crippen molar-refractivity contribution < 1.29 is 4.79 Å². The third kappa shape index (κ3) is 4.33. The highest BCUT2D eigenvalue weighted by Crippen LogP contribution is 2.21. The van der Waals surface area contributed by atoms with Crippen LogP contribution < -0.4 is 10.6 Å². The summed E-state index contributed by atoms with van der Waals surface area (Å²) >= 11 is 3.44. The number of benzene rings is 2. The fourth-order valence-electron chi connectivity index (χ4n) is 1.97. The molecular formula is C17H19BrN2O. The Bertz CT molecular complexity index is 636. The second-order valence-electron chi connectivity index (χ2n) is 5.32. The number of rotatable bonds is 3. The highest BCUT2D eigenvalue weighted by Gasteiger charge is 2.05. The van der Waals surface area contributed by atoms with E-state index < -0.39 is 0 Å². The minimum atomic E-state index is -0.242. The van der Waals surface area contributed by atoms with E-state index in [1.54, 1.807) is 0 Å². The van der Waals surface area contributed by atoms with Crippen LogP contribution in [-0.2, 0) is 0 Å². The van der Waals surface area contributed by atoms with Crippen LogP contribution in [0.2, 0.25) is 0 Å². The van der Waals surface area contributed by atoms with Crippen molar-refractivity contribution in [2.45, 2.75) is 26.7 Å². The van der Waals surface area contributed by atoms with Crippen molar-refractivity contribution in [2.24, 2.45) is 0 Å². The van der Waals surface area contributed by atoms with E-state index in [-0.39, 0.29) is 6.03 Å². The molecule has 0 saturated heterocycles. The Morgan fingerprint density at radius 2 is 1.57 bits per heavy atom. The quantitative estimate of drug-likeness (QED) is 0.754. The van der Waals surface area contributed by atoms with Gasteiger partial charge in [-0.25, -0.2) is 4.79 Å². The fourth-order valence-corrected chi connectivity index (χ4v) is 2.21. The summed E-state index contributed by atoms with van der Waals surface area (Å²) in [6, 6.07) is 13.4. The molecule has 0 aromatic heterocycles. The molecule has 0 unspecified atom stereocenters. The van der Waals surface area contributed by atoms with Crippen LogP contribution in [0.3, 0.4) is 0 Å². The van der Waals surface area contributed by atoms with E-state index in [2.05, 4.69) is 40.4 Å². The Hall–Kier alpha value is -1.81. The lowest BCUT2D eigenvalue weighted by atomic mass is 10.0. The van der Waals surface area contributed by atoms with E-state index in [9.17, 15) is 4.79 Å². The molecule has 0 aliphatic carbocycles. The predicted molar refractivity (Wildman–Crippen MR) is 92.1 cm³/mol. The molecule has 0 fully saturated rings. The summed E-state index contributed by atoms with van der Waals surface area (Å²) < 4.78 is 1.03. The molecule has 0 radical (unpaired) electrons.